The summed E-state index contributed by atoms with van der Waals surface area (Å²) < 4.78 is 0. The second-order valence-corrected chi connectivity index (χ2v) is 4.45. The van der Waals surface area contributed by atoms with Gasteiger partial charge in [0, 0.05) is 12.5 Å². The Morgan fingerprint density at radius 1 is 0.944 bits per heavy atom. The Balaban J connectivity index is 2.54. The quantitative estimate of drug-likeness (QED) is 0.301. The lowest BCUT2D eigenvalue weighted by Crippen LogP contribution is -1.99. The van der Waals surface area contributed by atoms with Crippen molar-refractivity contribution in [3.8, 4) is 17.2 Å². The molecule has 100 valence electrons. The smallest absolute Gasteiger partial charge is 0.166 e. The van der Waals surface area contributed by atoms with E-state index in [0.29, 0.717) is 6.42 Å². The summed E-state index contributed by atoms with van der Waals surface area (Å²) in [7, 11) is 0. The van der Waals surface area contributed by atoms with E-state index in [1.807, 2.05) is 0 Å². The summed E-state index contributed by atoms with van der Waals surface area (Å²) in [6, 6.07) is 2.10. The van der Waals surface area contributed by atoms with Crippen LogP contribution < -0.4 is 0 Å². The predicted molar refractivity (Wildman–Crippen MR) is 69.1 cm³/mol. The van der Waals surface area contributed by atoms with Gasteiger partial charge in [-0.3, -0.25) is 4.79 Å². The third-order valence-corrected chi connectivity index (χ3v) is 2.90. The highest BCUT2D eigenvalue weighted by atomic mass is 16.3. The molecule has 4 nitrogen and oxygen atoms in total. The molecule has 0 amide bonds. The van der Waals surface area contributed by atoms with Crippen molar-refractivity contribution < 1.29 is 20.1 Å². The van der Waals surface area contributed by atoms with Gasteiger partial charge in [0.2, 0.25) is 0 Å². The molecule has 0 spiro atoms. The van der Waals surface area contributed by atoms with Crippen LogP contribution >= 0.6 is 0 Å². The van der Waals surface area contributed by atoms with Gasteiger partial charge in [-0.1, -0.05) is 32.6 Å². The van der Waals surface area contributed by atoms with Crippen LogP contribution in [0.4, 0.5) is 0 Å². The molecular formula is C14H20O4. The highest BCUT2D eigenvalue weighted by molar-refractivity contribution is 5.99. The van der Waals surface area contributed by atoms with Crippen molar-refractivity contribution >= 4 is 5.78 Å². The van der Waals surface area contributed by atoms with Gasteiger partial charge < -0.3 is 15.3 Å². The van der Waals surface area contributed by atoms with Crippen molar-refractivity contribution in [3.63, 3.8) is 0 Å². The number of rotatable bonds is 7. The van der Waals surface area contributed by atoms with Gasteiger partial charge in [-0.15, -0.1) is 0 Å². The van der Waals surface area contributed by atoms with Gasteiger partial charge in [-0.05, 0) is 12.5 Å². The highest BCUT2D eigenvalue weighted by Gasteiger charge is 2.14. The standard InChI is InChI=1S/C14H20O4/c1-2-3-4-5-6-7-11(15)10-8-13(17)14(18)9-12(10)16/h8-9,16-18H,2-7H2,1H3. The number of carbonyl (C=O) groups excluding carboxylic acids is 1. The van der Waals surface area contributed by atoms with Crippen molar-refractivity contribution in [2.45, 2.75) is 45.4 Å². The molecule has 0 atom stereocenters. The number of unbranched alkanes of at least 4 members (excludes halogenated alkanes) is 4. The Labute approximate surface area is 107 Å². The Morgan fingerprint density at radius 3 is 2.22 bits per heavy atom. The fourth-order valence-electron chi connectivity index (χ4n) is 1.81. The minimum atomic E-state index is -0.424. The van der Waals surface area contributed by atoms with Gasteiger partial charge in [0.1, 0.15) is 5.75 Å². The number of benzene rings is 1. The molecule has 0 aliphatic rings. The first kappa shape index (κ1) is 14.4. The third-order valence-electron chi connectivity index (χ3n) is 2.90. The van der Waals surface area contributed by atoms with E-state index >= 15 is 0 Å². The molecule has 0 bridgehead atoms. The second kappa shape index (κ2) is 6.89. The predicted octanol–water partition coefficient (Wildman–Crippen LogP) is 3.35. The van der Waals surface area contributed by atoms with E-state index in [0.717, 1.165) is 37.8 Å². The molecule has 18 heavy (non-hydrogen) atoms. The minimum absolute atomic E-state index is 0.0702. The largest absolute Gasteiger partial charge is 0.507 e. The third kappa shape index (κ3) is 3.95. The molecule has 3 N–H and O–H groups in total. The molecule has 0 heterocycles. The fraction of sp³-hybridized carbons (Fsp3) is 0.500. The molecule has 1 aromatic carbocycles. The monoisotopic (exact) mass is 252 g/mol. The first-order valence-electron chi connectivity index (χ1n) is 6.34. The molecule has 0 aliphatic carbocycles. The lowest BCUT2D eigenvalue weighted by atomic mass is 10.0. The number of phenolic OH excluding ortho intramolecular Hbond substituents is 3. The zero-order valence-corrected chi connectivity index (χ0v) is 10.6. The molecule has 0 fully saturated rings. The van der Waals surface area contributed by atoms with Crippen molar-refractivity contribution in [2.24, 2.45) is 0 Å². The van der Waals surface area contributed by atoms with Gasteiger partial charge in [0.15, 0.2) is 17.3 Å². The number of hydrogen-bond donors (Lipinski definition) is 3. The number of hydrogen-bond acceptors (Lipinski definition) is 4. The molecule has 4 heteroatoms. The molecule has 0 aromatic heterocycles. The van der Waals surface area contributed by atoms with Crippen LogP contribution in [0.2, 0.25) is 0 Å². The lowest BCUT2D eigenvalue weighted by Gasteiger charge is -2.06. The number of phenols is 3. The van der Waals surface area contributed by atoms with Crippen LogP contribution in [0, 0.1) is 0 Å². The van der Waals surface area contributed by atoms with Gasteiger partial charge >= 0.3 is 0 Å². The summed E-state index contributed by atoms with van der Waals surface area (Å²) in [5.74, 6) is -1.31. The maximum atomic E-state index is 11.8. The number of Topliss-reactive ketones (excluding diaryl/α,β-unsaturated/α-hetero) is 1. The zero-order valence-electron chi connectivity index (χ0n) is 10.6. The average molecular weight is 252 g/mol. The maximum absolute atomic E-state index is 11.8. The fourth-order valence-corrected chi connectivity index (χ4v) is 1.81. The first-order chi connectivity index (χ1) is 8.56. The molecule has 0 unspecified atom stereocenters. The highest BCUT2D eigenvalue weighted by Crippen LogP contribution is 2.32. The van der Waals surface area contributed by atoms with Crippen LogP contribution in [0.3, 0.4) is 0 Å². The lowest BCUT2D eigenvalue weighted by molar-refractivity contribution is 0.0976. The maximum Gasteiger partial charge on any atom is 0.166 e. The Kier molecular flexibility index (Phi) is 5.49. The summed E-state index contributed by atoms with van der Waals surface area (Å²) in [5.41, 5.74) is 0.0702. The number of aromatic hydroxyl groups is 3. The van der Waals surface area contributed by atoms with E-state index in [-0.39, 0.29) is 22.8 Å². The topological polar surface area (TPSA) is 77.8 Å². The normalized spacial score (nSPS) is 10.5. The summed E-state index contributed by atoms with van der Waals surface area (Å²) in [5, 5.41) is 28.0. The molecule has 1 rings (SSSR count). The van der Waals surface area contributed by atoms with E-state index in [1.165, 1.54) is 6.42 Å². The van der Waals surface area contributed by atoms with Crippen molar-refractivity contribution in [2.75, 3.05) is 0 Å². The average Bonchev–Trinajstić information content (AvgIpc) is 2.33. The summed E-state index contributed by atoms with van der Waals surface area (Å²) >= 11 is 0. The number of ketones is 1. The Morgan fingerprint density at radius 2 is 1.56 bits per heavy atom. The van der Waals surface area contributed by atoms with Crippen LogP contribution in [-0.2, 0) is 0 Å². The van der Waals surface area contributed by atoms with Gasteiger partial charge in [0.05, 0.1) is 5.56 Å². The molecule has 0 radical (unpaired) electrons. The molecule has 0 aliphatic heterocycles. The minimum Gasteiger partial charge on any atom is -0.507 e. The molecule has 0 saturated heterocycles. The Bertz CT molecular complexity index is 413. The summed E-state index contributed by atoms with van der Waals surface area (Å²) in [4.78, 5) is 11.8. The van der Waals surface area contributed by atoms with Crippen molar-refractivity contribution in [1.29, 1.82) is 0 Å². The van der Waals surface area contributed by atoms with Crippen LogP contribution in [0.15, 0.2) is 12.1 Å². The van der Waals surface area contributed by atoms with E-state index in [4.69, 9.17) is 5.11 Å². The Hall–Kier alpha value is -1.71. The number of carbonyl (C=O) groups is 1. The zero-order chi connectivity index (χ0) is 13.5. The van der Waals surface area contributed by atoms with E-state index < -0.39 is 5.75 Å². The van der Waals surface area contributed by atoms with Crippen molar-refractivity contribution in [3.05, 3.63) is 17.7 Å². The van der Waals surface area contributed by atoms with E-state index in [2.05, 4.69) is 6.92 Å². The van der Waals surface area contributed by atoms with Crippen LogP contribution in [0.5, 0.6) is 17.2 Å². The second-order valence-electron chi connectivity index (χ2n) is 4.45. The molecule has 0 saturated carbocycles. The van der Waals surface area contributed by atoms with Crippen LogP contribution in [-0.4, -0.2) is 21.1 Å². The van der Waals surface area contributed by atoms with Crippen LogP contribution in [0.1, 0.15) is 55.8 Å². The van der Waals surface area contributed by atoms with Gasteiger partial charge in [0.25, 0.3) is 0 Å². The van der Waals surface area contributed by atoms with Crippen molar-refractivity contribution in [1.82, 2.24) is 0 Å². The van der Waals surface area contributed by atoms with Crippen LogP contribution in [0.25, 0.3) is 0 Å². The molecular weight excluding hydrogens is 232 g/mol. The first-order valence-corrected chi connectivity index (χ1v) is 6.34. The molecule has 1 aromatic rings. The SMILES string of the molecule is CCCCCCCC(=O)c1cc(O)c(O)cc1O. The van der Waals surface area contributed by atoms with E-state index in [1.54, 1.807) is 0 Å². The van der Waals surface area contributed by atoms with Gasteiger partial charge in [-0.25, -0.2) is 0 Å². The summed E-state index contributed by atoms with van der Waals surface area (Å²) in [6.07, 6.45) is 5.54. The van der Waals surface area contributed by atoms with Gasteiger partial charge in [-0.2, -0.15) is 0 Å². The summed E-state index contributed by atoms with van der Waals surface area (Å²) in [6.45, 7) is 2.13. The van der Waals surface area contributed by atoms with E-state index in [9.17, 15) is 15.0 Å².